The maximum absolute atomic E-state index is 5.78. The van der Waals surface area contributed by atoms with Crippen LogP contribution in [0.3, 0.4) is 0 Å². The lowest BCUT2D eigenvalue weighted by Crippen LogP contribution is -2.24. The van der Waals surface area contributed by atoms with Gasteiger partial charge in [-0.2, -0.15) is 0 Å². The number of hydrogen-bond donors (Lipinski definition) is 1. The van der Waals surface area contributed by atoms with Gasteiger partial charge in [-0.15, -0.1) is 11.3 Å². The van der Waals surface area contributed by atoms with Crippen molar-refractivity contribution < 1.29 is 4.74 Å². The monoisotopic (exact) mass is 365 g/mol. The van der Waals surface area contributed by atoms with E-state index >= 15 is 0 Å². The molecule has 0 bridgehead atoms. The van der Waals surface area contributed by atoms with Crippen molar-refractivity contribution in [1.29, 1.82) is 0 Å². The molecule has 2 nitrogen and oxygen atoms in total. The second-order valence-electron chi connectivity index (χ2n) is 5.39. The standard InChI is InChI=1S/C17H20BrNOS/c1-2-19-15(17-10-13(18)11-21-17)9-12-7-8-20-16-6-4-3-5-14(12)16/h3-6,10-12,15,19H,2,7-9H2,1H3. The molecule has 2 unspecified atom stereocenters. The fourth-order valence-electron chi connectivity index (χ4n) is 3.00. The molecule has 2 atom stereocenters. The molecule has 1 aromatic heterocycles. The van der Waals surface area contributed by atoms with Crippen LogP contribution in [0.5, 0.6) is 5.75 Å². The zero-order chi connectivity index (χ0) is 14.7. The SMILES string of the molecule is CCNC(CC1CCOc2ccccc21)c1cc(Br)cs1. The molecule has 0 saturated heterocycles. The van der Waals surface area contributed by atoms with Gasteiger partial charge in [0.1, 0.15) is 5.75 Å². The smallest absolute Gasteiger partial charge is 0.122 e. The molecule has 0 fully saturated rings. The first-order valence-electron chi connectivity index (χ1n) is 7.47. The van der Waals surface area contributed by atoms with Crippen molar-refractivity contribution in [3.8, 4) is 5.75 Å². The summed E-state index contributed by atoms with van der Waals surface area (Å²) in [5.74, 6) is 1.64. The van der Waals surface area contributed by atoms with E-state index in [1.54, 1.807) is 0 Å². The van der Waals surface area contributed by atoms with Gasteiger partial charge in [0.15, 0.2) is 0 Å². The number of halogens is 1. The Bertz CT molecular complexity index is 598. The normalized spacial score (nSPS) is 18.9. The topological polar surface area (TPSA) is 21.3 Å². The van der Waals surface area contributed by atoms with E-state index in [1.807, 2.05) is 11.3 Å². The molecule has 0 radical (unpaired) electrons. The average molecular weight is 366 g/mol. The van der Waals surface area contributed by atoms with E-state index in [0.717, 1.165) is 31.7 Å². The Morgan fingerprint density at radius 3 is 3.05 bits per heavy atom. The fourth-order valence-corrected chi connectivity index (χ4v) is 4.54. The van der Waals surface area contributed by atoms with E-state index in [9.17, 15) is 0 Å². The number of nitrogens with one attached hydrogen (secondary N) is 1. The minimum atomic E-state index is 0.419. The van der Waals surface area contributed by atoms with Crippen molar-refractivity contribution in [2.24, 2.45) is 0 Å². The van der Waals surface area contributed by atoms with Gasteiger partial charge in [0.05, 0.1) is 6.61 Å². The first-order valence-corrected chi connectivity index (χ1v) is 9.14. The van der Waals surface area contributed by atoms with Gasteiger partial charge in [-0.25, -0.2) is 0 Å². The third kappa shape index (κ3) is 3.50. The molecule has 0 aliphatic carbocycles. The van der Waals surface area contributed by atoms with Gasteiger partial charge in [0, 0.05) is 20.8 Å². The zero-order valence-electron chi connectivity index (χ0n) is 12.1. The maximum atomic E-state index is 5.78. The van der Waals surface area contributed by atoms with E-state index in [4.69, 9.17) is 4.74 Å². The molecule has 2 aromatic rings. The van der Waals surface area contributed by atoms with Crippen molar-refractivity contribution in [1.82, 2.24) is 5.32 Å². The van der Waals surface area contributed by atoms with Gasteiger partial charge in [0.25, 0.3) is 0 Å². The molecule has 4 heteroatoms. The lowest BCUT2D eigenvalue weighted by Gasteiger charge is -2.29. The second kappa shape index (κ2) is 6.95. The molecule has 2 heterocycles. The highest BCUT2D eigenvalue weighted by molar-refractivity contribution is 9.10. The van der Waals surface area contributed by atoms with Gasteiger partial charge in [0.2, 0.25) is 0 Å². The molecule has 0 saturated carbocycles. The van der Waals surface area contributed by atoms with Crippen LogP contribution in [0, 0.1) is 0 Å². The molecule has 112 valence electrons. The van der Waals surface area contributed by atoms with Gasteiger partial charge in [-0.05, 0) is 58.9 Å². The van der Waals surface area contributed by atoms with Gasteiger partial charge >= 0.3 is 0 Å². The van der Waals surface area contributed by atoms with E-state index < -0.39 is 0 Å². The summed E-state index contributed by atoms with van der Waals surface area (Å²) in [7, 11) is 0. The summed E-state index contributed by atoms with van der Waals surface area (Å²) in [5.41, 5.74) is 1.36. The summed E-state index contributed by atoms with van der Waals surface area (Å²) >= 11 is 5.39. The number of ether oxygens (including phenoxy) is 1. The highest BCUT2D eigenvalue weighted by atomic mass is 79.9. The van der Waals surface area contributed by atoms with Crippen molar-refractivity contribution in [3.63, 3.8) is 0 Å². The Morgan fingerprint density at radius 2 is 2.29 bits per heavy atom. The van der Waals surface area contributed by atoms with Crippen LogP contribution < -0.4 is 10.1 Å². The summed E-state index contributed by atoms with van der Waals surface area (Å²) < 4.78 is 6.96. The lowest BCUT2D eigenvalue weighted by molar-refractivity contribution is 0.256. The van der Waals surface area contributed by atoms with Crippen LogP contribution in [0.25, 0.3) is 0 Å². The van der Waals surface area contributed by atoms with E-state index in [0.29, 0.717) is 12.0 Å². The fraction of sp³-hybridized carbons (Fsp3) is 0.412. The molecule has 1 N–H and O–H groups in total. The van der Waals surface area contributed by atoms with E-state index in [-0.39, 0.29) is 0 Å². The first kappa shape index (κ1) is 15.1. The average Bonchev–Trinajstić information content (AvgIpc) is 2.94. The van der Waals surface area contributed by atoms with Crippen molar-refractivity contribution in [2.75, 3.05) is 13.2 Å². The Hall–Kier alpha value is -0.840. The molecule has 3 rings (SSSR count). The van der Waals surface area contributed by atoms with Crippen LogP contribution >= 0.6 is 27.3 Å². The van der Waals surface area contributed by atoms with Crippen LogP contribution in [-0.4, -0.2) is 13.2 Å². The quantitative estimate of drug-likeness (QED) is 0.793. The predicted octanol–water partition coefficient (Wildman–Crippen LogP) is 5.12. The molecule has 1 aromatic carbocycles. The third-order valence-electron chi connectivity index (χ3n) is 3.98. The largest absolute Gasteiger partial charge is 0.493 e. The second-order valence-corrected chi connectivity index (χ2v) is 7.24. The highest BCUT2D eigenvalue weighted by Crippen LogP contribution is 2.40. The Labute approximate surface area is 138 Å². The predicted molar refractivity (Wildman–Crippen MR) is 92.3 cm³/mol. The number of thiophene rings is 1. The summed E-state index contributed by atoms with van der Waals surface area (Å²) in [4.78, 5) is 1.41. The van der Waals surface area contributed by atoms with Crippen molar-refractivity contribution in [3.05, 3.63) is 50.6 Å². The first-order chi connectivity index (χ1) is 10.3. The molecule has 0 amide bonds. The Kier molecular flexibility index (Phi) is 4.99. The molecule has 21 heavy (non-hydrogen) atoms. The number of hydrogen-bond acceptors (Lipinski definition) is 3. The van der Waals surface area contributed by atoms with Crippen LogP contribution in [0.15, 0.2) is 40.2 Å². The highest BCUT2D eigenvalue weighted by Gasteiger charge is 2.25. The Morgan fingerprint density at radius 1 is 1.43 bits per heavy atom. The minimum absolute atomic E-state index is 0.419. The molecule has 1 aliphatic heterocycles. The van der Waals surface area contributed by atoms with Crippen LogP contribution in [0.1, 0.15) is 42.2 Å². The van der Waals surface area contributed by atoms with Gasteiger partial charge < -0.3 is 10.1 Å². The molecule has 0 spiro atoms. The minimum Gasteiger partial charge on any atom is -0.493 e. The summed E-state index contributed by atoms with van der Waals surface area (Å²) in [6.45, 7) is 3.99. The van der Waals surface area contributed by atoms with Crippen molar-refractivity contribution in [2.45, 2.75) is 31.7 Å². The summed E-state index contributed by atoms with van der Waals surface area (Å²) in [6.07, 6.45) is 2.23. The van der Waals surface area contributed by atoms with Crippen molar-refractivity contribution >= 4 is 27.3 Å². The molecule has 1 aliphatic rings. The van der Waals surface area contributed by atoms with Gasteiger partial charge in [-0.3, -0.25) is 0 Å². The number of rotatable bonds is 5. The summed E-state index contributed by atoms with van der Waals surface area (Å²) in [6, 6.07) is 11.1. The Balaban J connectivity index is 1.80. The van der Waals surface area contributed by atoms with Crippen LogP contribution in [0.2, 0.25) is 0 Å². The van der Waals surface area contributed by atoms with Crippen LogP contribution in [0.4, 0.5) is 0 Å². The summed E-state index contributed by atoms with van der Waals surface area (Å²) in [5, 5.41) is 5.80. The van der Waals surface area contributed by atoms with E-state index in [1.165, 1.54) is 14.9 Å². The van der Waals surface area contributed by atoms with E-state index in [2.05, 4.69) is 63.9 Å². The third-order valence-corrected chi connectivity index (χ3v) is 5.79. The number of fused-ring (bicyclic) bond motifs is 1. The molecular formula is C17H20BrNOS. The maximum Gasteiger partial charge on any atom is 0.122 e. The van der Waals surface area contributed by atoms with Crippen LogP contribution in [-0.2, 0) is 0 Å². The molecular weight excluding hydrogens is 346 g/mol. The number of para-hydroxylation sites is 1. The zero-order valence-corrected chi connectivity index (χ0v) is 14.5. The number of benzene rings is 1. The lowest BCUT2D eigenvalue weighted by atomic mass is 9.87. The van der Waals surface area contributed by atoms with Gasteiger partial charge in [-0.1, -0.05) is 25.1 Å².